The number of halogens is 1. The van der Waals surface area contributed by atoms with Crippen LogP contribution in [0.1, 0.15) is 51.3 Å². The number of carboxylic acid groups (broad SMARTS) is 1. The summed E-state index contributed by atoms with van der Waals surface area (Å²) in [6.45, 7) is 7.67. The second-order valence-electron chi connectivity index (χ2n) is 10.4. The molecule has 1 N–H and O–H groups in total. The highest BCUT2D eigenvalue weighted by atomic mass is 35.5. The molecule has 1 heterocycles. The third kappa shape index (κ3) is 5.95. The SMILES string of the molecule is C[C@@H](OC(=O)C[C@@H]1O[C@@H](c2cccc3ccccc23)c2cc(Cl)ccc2N(CC(C)(C)C)C1=O)C(=O)O. The van der Waals surface area contributed by atoms with Gasteiger partial charge in [0.2, 0.25) is 0 Å². The molecule has 7 nitrogen and oxygen atoms in total. The molecule has 8 heteroatoms. The van der Waals surface area contributed by atoms with Crippen molar-refractivity contribution in [2.24, 2.45) is 5.41 Å². The molecule has 4 rings (SSSR count). The summed E-state index contributed by atoms with van der Waals surface area (Å²) < 4.78 is 11.5. The molecule has 0 spiro atoms. The zero-order valence-corrected chi connectivity index (χ0v) is 22.0. The van der Waals surface area contributed by atoms with Crippen LogP contribution in [0.3, 0.4) is 0 Å². The predicted molar refractivity (Wildman–Crippen MR) is 142 cm³/mol. The van der Waals surface area contributed by atoms with Crippen LogP contribution in [0.15, 0.2) is 60.7 Å². The van der Waals surface area contributed by atoms with Gasteiger partial charge in [-0.15, -0.1) is 0 Å². The zero-order valence-electron chi connectivity index (χ0n) is 21.2. The number of carboxylic acids is 1. The molecule has 0 saturated carbocycles. The third-order valence-electron chi connectivity index (χ3n) is 6.15. The lowest BCUT2D eigenvalue weighted by Gasteiger charge is -2.31. The van der Waals surface area contributed by atoms with Crippen molar-refractivity contribution in [3.8, 4) is 0 Å². The normalized spacial score (nSPS) is 18.7. The molecular formula is C29H30ClNO6. The number of amides is 1. The first-order chi connectivity index (χ1) is 17.4. The summed E-state index contributed by atoms with van der Waals surface area (Å²) in [4.78, 5) is 39.4. The van der Waals surface area contributed by atoms with Crippen molar-refractivity contribution in [1.29, 1.82) is 0 Å². The molecule has 3 aromatic carbocycles. The van der Waals surface area contributed by atoms with E-state index in [1.807, 2.05) is 63.2 Å². The van der Waals surface area contributed by atoms with Gasteiger partial charge in [0.25, 0.3) is 5.91 Å². The first-order valence-corrected chi connectivity index (χ1v) is 12.5. The van der Waals surface area contributed by atoms with Gasteiger partial charge in [0.15, 0.2) is 6.10 Å². The van der Waals surface area contributed by atoms with Gasteiger partial charge in [0.1, 0.15) is 12.2 Å². The standard InChI is InChI=1S/C29H30ClNO6/c1-17(28(34)35)36-25(32)15-24-27(33)31(16-29(2,3)4)23-13-12-19(30)14-22(23)26(37-24)21-11-7-9-18-8-5-6-10-20(18)21/h5-14,17,24,26H,15-16H2,1-4H3,(H,34,35)/t17-,24+,26+/m1/s1. The highest BCUT2D eigenvalue weighted by Crippen LogP contribution is 2.42. The minimum atomic E-state index is -1.34. The fourth-order valence-corrected chi connectivity index (χ4v) is 4.69. The van der Waals surface area contributed by atoms with E-state index in [1.165, 1.54) is 6.92 Å². The van der Waals surface area contributed by atoms with Gasteiger partial charge < -0.3 is 19.5 Å². The fourth-order valence-electron chi connectivity index (χ4n) is 4.51. The Morgan fingerprint density at radius 1 is 1.08 bits per heavy atom. The van der Waals surface area contributed by atoms with E-state index < -0.39 is 42.6 Å². The quantitative estimate of drug-likeness (QED) is 0.412. The van der Waals surface area contributed by atoms with Gasteiger partial charge in [-0.2, -0.15) is 0 Å². The number of esters is 1. The maximum atomic E-state index is 13.9. The number of fused-ring (bicyclic) bond motifs is 2. The number of carbonyl (C=O) groups excluding carboxylic acids is 2. The average Bonchev–Trinajstić information content (AvgIpc) is 2.93. The molecule has 0 bridgehead atoms. The molecule has 0 aromatic heterocycles. The molecule has 1 amide bonds. The molecule has 1 aliphatic heterocycles. The highest BCUT2D eigenvalue weighted by Gasteiger charge is 2.40. The van der Waals surface area contributed by atoms with Gasteiger partial charge in [-0.05, 0) is 46.9 Å². The maximum Gasteiger partial charge on any atom is 0.344 e. The lowest BCUT2D eigenvalue weighted by Crippen LogP contribution is -2.44. The van der Waals surface area contributed by atoms with E-state index in [0.29, 0.717) is 22.8 Å². The smallest absolute Gasteiger partial charge is 0.344 e. The Balaban J connectivity index is 1.86. The second kappa shape index (κ2) is 10.5. The fraction of sp³-hybridized carbons (Fsp3) is 0.345. The summed E-state index contributed by atoms with van der Waals surface area (Å²) >= 11 is 6.44. The number of benzene rings is 3. The van der Waals surface area contributed by atoms with Crippen LogP contribution in [0.4, 0.5) is 5.69 Å². The lowest BCUT2D eigenvalue weighted by molar-refractivity contribution is -0.165. The van der Waals surface area contributed by atoms with Gasteiger partial charge in [-0.1, -0.05) is 74.8 Å². The Hall–Kier alpha value is -3.42. The minimum absolute atomic E-state index is 0.269. The molecule has 3 atom stereocenters. The molecule has 1 aliphatic rings. The van der Waals surface area contributed by atoms with Crippen molar-refractivity contribution in [2.45, 2.75) is 52.4 Å². The summed E-state index contributed by atoms with van der Waals surface area (Å²) in [5.74, 6) is -2.50. The number of ether oxygens (including phenoxy) is 2. The molecule has 0 radical (unpaired) electrons. The second-order valence-corrected chi connectivity index (χ2v) is 10.9. The zero-order chi connectivity index (χ0) is 26.9. The topological polar surface area (TPSA) is 93.1 Å². The Bertz CT molecular complexity index is 1340. The van der Waals surface area contributed by atoms with Crippen LogP contribution in [0.2, 0.25) is 5.02 Å². The number of aliphatic carboxylic acids is 1. The maximum absolute atomic E-state index is 13.9. The first kappa shape index (κ1) is 26.6. The molecule has 3 aromatic rings. The Labute approximate surface area is 220 Å². The third-order valence-corrected chi connectivity index (χ3v) is 6.39. The van der Waals surface area contributed by atoms with Crippen LogP contribution < -0.4 is 4.90 Å². The Morgan fingerprint density at radius 3 is 2.49 bits per heavy atom. The largest absolute Gasteiger partial charge is 0.479 e. The van der Waals surface area contributed by atoms with Crippen molar-refractivity contribution >= 4 is 45.9 Å². The number of nitrogens with zero attached hydrogens (tertiary/aromatic N) is 1. The molecular weight excluding hydrogens is 494 g/mol. The van der Waals surface area contributed by atoms with Crippen molar-refractivity contribution in [2.75, 3.05) is 11.4 Å². The Kier molecular flexibility index (Phi) is 7.57. The molecule has 194 valence electrons. The predicted octanol–water partition coefficient (Wildman–Crippen LogP) is 5.77. The van der Waals surface area contributed by atoms with E-state index in [9.17, 15) is 14.4 Å². The molecule has 37 heavy (non-hydrogen) atoms. The molecule has 0 saturated heterocycles. The van der Waals surface area contributed by atoms with Crippen molar-refractivity contribution in [3.05, 3.63) is 76.8 Å². The van der Waals surface area contributed by atoms with Crippen LogP contribution in [-0.4, -0.2) is 41.7 Å². The van der Waals surface area contributed by atoms with Gasteiger partial charge in [0.05, 0.1) is 6.42 Å². The van der Waals surface area contributed by atoms with Crippen LogP contribution in [-0.2, 0) is 23.9 Å². The van der Waals surface area contributed by atoms with E-state index in [-0.39, 0.29) is 5.41 Å². The molecule has 0 aliphatic carbocycles. The van der Waals surface area contributed by atoms with Crippen molar-refractivity contribution in [1.82, 2.24) is 0 Å². The van der Waals surface area contributed by atoms with Crippen molar-refractivity contribution < 1.29 is 29.0 Å². The van der Waals surface area contributed by atoms with Gasteiger partial charge >= 0.3 is 11.9 Å². The number of rotatable bonds is 6. The van der Waals surface area contributed by atoms with E-state index >= 15 is 0 Å². The monoisotopic (exact) mass is 523 g/mol. The molecule has 0 unspecified atom stereocenters. The Morgan fingerprint density at radius 2 is 1.78 bits per heavy atom. The minimum Gasteiger partial charge on any atom is -0.479 e. The molecule has 0 fully saturated rings. The summed E-state index contributed by atoms with van der Waals surface area (Å²) in [7, 11) is 0. The lowest BCUT2D eigenvalue weighted by atomic mass is 9.93. The van der Waals surface area contributed by atoms with Crippen LogP contribution >= 0.6 is 11.6 Å². The van der Waals surface area contributed by atoms with E-state index in [1.54, 1.807) is 23.1 Å². The summed E-state index contributed by atoms with van der Waals surface area (Å²) in [6, 6.07) is 19.0. The van der Waals surface area contributed by atoms with E-state index in [0.717, 1.165) is 16.3 Å². The van der Waals surface area contributed by atoms with Crippen LogP contribution in [0, 0.1) is 5.41 Å². The van der Waals surface area contributed by atoms with E-state index in [2.05, 4.69) is 0 Å². The highest BCUT2D eigenvalue weighted by molar-refractivity contribution is 6.30. The van der Waals surface area contributed by atoms with Crippen LogP contribution in [0.5, 0.6) is 0 Å². The van der Waals surface area contributed by atoms with Gasteiger partial charge in [0, 0.05) is 22.8 Å². The number of anilines is 1. The first-order valence-electron chi connectivity index (χ1n) is 12.1. The summed E-state index contributed by atoms with van der Waals surface area (Å²) in [5.41, 5.74) is 1.91. The van der Waals surface area contributed by atoms with E-state index in [4.69, 9.17) is 26.2 Å². The number of carbonyl (C=O) groups is 3. The van der Waals surface area contributed by atoms with Gasteiger partial charge in [-0.3, -0.25) is 9.59 Å². The summed E-state index contributed by atoms with van der Waals surface area (Å²) in [6.07, 6.45) is -3.70. The average molecular weight is 524 g/mol. The van der Waals surface area contributed by atoms with Crippen LogP contribution in [0.25, 0.3) is 10.8 Å². The van der Waals surface area contributed by atoms with Gasteiger partial charge in [-0.25, -0.2) is 4.79 Å². The summed E-state index contributed by atoms with van der Waals surface area (Å²) in [5, 5.41) is 11.6. The number of hydrogen-bond acceptors (Lipinski definition) is 5. The van der Waals surface area contributed by atoms with Crippen molar-refractivity contribution in [3.63, 3.8) is 0 Å². The number of hydrogen-bond donors (Lipinski definition) is 1.